The van der Waals surface area contributed by atoms with Crippen molar-refractivity contribution in [3.63, 3.8) is 0 Å². The number of hydrogen-bond acceptors (Lipinski definition) is 5. The molecule has 4 rings (SSSR count). The Hall–Kier alpha value is -2.93. The predicted molar refractivity (Wildman–Crippen MR) is 100 cm³/mol. The molecule has 0 spiro atoms. The summed E-state index contributed by atoms with van der Waals surface area (Å²) < 4.78 is 11.3. The minimum atomic E-state index is -0.336. The van der Waals surface area contributed by atoms with Gasteiger partial charge in [-0.25, -0.2) is 14.8 Å². The molecule has 2 aromatic heterocycles. The molecule has 0 radical (unpaired) electrons. The number of amides is 1. The maximum absolute atomic E-state index is 12.5. The van der Waals surface area contributed by atoms with E-state index in [1.807, 2.05) is 38.1 Å². The number of nitrogens with one attached hydrogen (secondary N) is 1. The third kappa shape index (κ3) is 3.78. The highest BCUT2D eigenvalue weighted by Gasteiger charge is 2.28. The van der Waals surface area contributed by atoms with Crippen LogP contribution in [0.15, 0.2) is 36.5 Å². The Balaban J connectivity index is 1.40. The smallest absolute Gasteiger partial charge is 0.410 e. The standard InChI is InChI=1S/C20H22N4O3/c1-13-5-6-15(14(2)10-13)12-27-20(25)24-8-9-26-17(11-24)19-22-16-4-3-7-21-18(16)23-19/h3-7,10,17H,8-9,11-12H2,1-2H3,(H,21,22,23)/t17-/m0/s1. The van der Waals surface area contributed by atoms with Crippen LogP contribution >= 0.6 is 0 Å². The number of hydrogen-bond donors (Lipinski definition) is 1. The van der Waals surface area contributed by atoms with Gasteiger partial charge in [0.2, 0.25) is 0 Å². The van der Waals surface area contributed by atoms with Gasteiger partial charge >= 0.3 is 6.09 Å². The molecule has 0 aliphatic carbocycles. The zero-order valence-electron chi connectivity index (χ0n) is 15.4. The van der Waals surface area contributed by atoms with Gasteiger partial charge in [0.25, 0.3) is 0 Å². The van der Waals surface area contributed by atoms with E-state index in [2.05, 4.69) is 21.0 Å². The van der Waals surface area contributed by atoms with E-state index in [0.717, 1.165) is 16.6 Å². The molecule has 140 valence electrons. The maximum atomic E-state index is 12.5. The number of morpholine rings is 1. The lowest BCUT2D eigenvalue weighted by molar-refractivity contribution is -0.0330. The van der Waals surface area contributed by atoms with E-state index in [1.54, 1.807) is 11.1 Å². The summed E-state index contributed by atoms with van der Waals surface area (Å²) in [7, 11) is 0. The van der Waals surface area contributed by atoms with Crippen molar-refractivity contribution in [2.24, 2.45) is 0 Å². The first kappa shape index (κ1) is 17.5. The number of benzene rings is 1. The quantitative estimate of drug-likeness (QED) is 0.769. The molecule has 1 saturated heterocycles. The number of aromatic amines is 1. The van der Waals surface area contributed by atoms with Gasteiger partial charge in [0.1, 0.15) is 18.5 Å². The van der Waals surface area contributed by atoms with Crippen molar-refractivity contribution in [2.45, 2.75) is 26.6 Å². The number of aryl methyl sites for hydroxylation is 2. The number of carbonyl (C=O) groups is 1. The van der Waals surface area contributed by atoms with Crippen molar-refractivity contribution in [3.05, 3.63) is 59.0 Å². The molecule has 7 heteroatoms. The lowest BCUT2D eigenvalue weighted by Crippen LogP contribution is -2.42. The van der Waals surface area contributed by atoms with E-state index >= 15 is 0 Å². The topological polar surface area (TPSA) is 80.3 Å². The Morgan fingerprint density at radius 2 is 2.26 bits per heavy atom. The van der Waals surface area contributed by atoms with Crippen molar-refractivity contribution >= 4 is 17.3 Å². The summed E-state index contributed by atoms with van der Waals surface area (Å²) in [5.74, 6) is 0.676. The number of pyridine rings is 1. The summed E-state index contributed by atoms with van der Waals surface area (Å²) in [6, 6.07) is 9.88. The fourth-order valence-corrected chi connectivity index (χ4v) is 3.24. The number of ether oxygens (including phenoxy) is 2. The van der Waals surface area contributed by atoms with E-state index in [4.69, 9.17) is 9.47 Å². The fraction of sp³-hybridized carbons (Fsp3) is 0.350. The number of fused-ring (bicyclic) bond motifs is 1. The Morgan fingerprint density at radius 3 is 3.07 bits per heavy atom. The summed E-state index contributed by atoms with van der Waals surface area (Å²) in [6.45, 7) is 5.67. The van der Waals surface area contributed by atoms with Crippen LogP contribution in [-0.2, 0) is 16.1 Å². The molecular formula is C20H22N4O3. The van der Waals surface area contributed by atoms with Gasteiger partial charge in [0, 0.05) is 12.7 Å². The first-order valence-corrected chi connectivity index (χ1v) is 9.00. The number of rotatable bonds is 3. The fourth-order valence-electron chi connectivity index (χ4n) is 3.24. The average Bonchev–Trinajstić information content (AvgIpc) is 3.11. The van der Waals surface area contributed by atoms with E-state index in [9.17, 15) is 4.79 Å². The Morgan fingerprint density at radius 1 is 1.37 bits per heavy atom. The number of H-pyrrole nitrogens is 1. The SMILES string of the molecule is Cc1ccc(COC(=O)N2CCO[C@H](c3nc4ncccc4[nH]3)C2)c(C)c1. The first-order chi connectivity index (χ1) is 13.1. The third-order valence-corrected chi connectivity index (χ3v) is 4.75. The number of carbonyl (C=O) groups excluding carboxylic acids is 1. The largest absolute Gasteiger partial charge is 0.445 e. The lowest BCUT2D eigenvalue weighted by Gasteiger charge is -2.31. The Bertz CT molecular complexity index is 936. The molecule has 3 aromatic rings. The van der Waals surface area contributed by atoms with E-state index < -0.39 is 0 Å². The van der Waals surface area contributed by atoms with Gasteiger partial charge in [0.05, 0.1) is 18.7 Å². The molecule has 0 saturated carbocycles. The molecule has 7 nitrogen and oxygen atoms in total. The van der Waals surface area contributed by atoms with Gasteiger partial charge in [-0.15, -0.1) is 0 Å². The maximum Gasteiger partial charge on any atom is 0.410 e. The van der Waals surface area contributed by atoms with Crippen molar-refractivity contribution in [1.29, 1.82) is 0 Å². The molecule has 27 heavy (non-hydrogen) atoms. The summed E-state index contributed by atoms with van der Waals surface area (Å²) in [4.78, 5) is 26.1. The number of aromatic nitrogens is 3. The van der Waals surface area contributed by atoms with Crippen molar-refractivity contribution in [2.75, 3.05) is 19.7 Å². The van der Waals surface area contributed by atoms with Gasteiger partial charge in [-0.3, -0.25) is 0 Å². The van der Waals surface area contributed by atoms with Gasteiger partial charge < -0.3 is 19.4 Å². The molecule has 0 bridgehead atoms. The molecular weight excluding hydrogens is 344 g/mol. The normalized spacial score (nSPS) is 17.3. The second-order valence-corrected chi connectivity index (χ2v) is 6.79. The van der Waals surface area contributed by atoms with E-state index in [0.29, 0.717) is 31.2 Å². The van der Waals surface area contributed by atoms with Gasteiger partial charge in [0.15, 0.2) is 5.65 Å². The predicted octanol–water partition coefficient (Wildman–Crippen LogP) is 3.28. The molecule has 3 heterocycles. The second kappa shape index (κ2) is 7.36. The van der Waals surface area contributed by atoms with Crippen LogP contribution in [0.2, 0.25) is 0 Å². The number of imidazole rings is 1. The average molecular weight is 366 g/mol. The van der Waals surface area contributed by atoms with Crippen molar-refractivity contribution in [1.82, 2.24) is 19.9 Å². The molecule has 1 aliphatic rings. The van der Waals surface area contributed by atoms with Crippen molar-refractivity contribution < 1.29 is 14.3 Å². The Kier molecular flexibility index (Phi) is 4.77. The monoisotopic (exact) mass is 366 g/mol. The minimum absolute atomic E-state index is 0.265. The molecule has 1 atom stereocenters. The summed E-state index contributed by atoms with van der Waals surface area (Å²) in [5, 5.41) is 0. The summed E-state index contributed by atoms with van der Waals surface area (Å²) in [6.07, 6.45) is 1.05. The van der Waals surface area contributed by atoms with Crippen LogP contribution in [-0.4, -0.2) is 45.6 Å². The highest BCUT2D eigenvalue weighted by Crippen LogP contribution is 2.22. The van der Waals surface area contributed by atoms with E-state index in [1.165, 1.54) is 5.56 Å². The zero-order chi connectivity index (χ0) is 18.8. The van der Waals surface area contributed by atoms with Gasteiger partial charge in [-0.05, 0) is 37.1 Å². The molecule has 0 unspecified atom stereocenters. The van der Waals surface area contributed by atoms with Crippen LogP contribution in [0.25, 0.3) is 11.2 Å². The van der Waals surface area contributed by atoms with Crippen LogP contribution in [0.3, 0.4) is 0 Å². The second-order valence-electron chi connectivity index (χ2n) is 6.79. The number of nitrogens with zero attached hydrogens (tertiary/aromatic N) is 3. The van der Waals surface area contributed by atoms with Crippen LogP contribution in [0, 0.1) is 13.8 Å². The highest BCUT2D eigenvalue weighted by atomic mass is 16.6. The molecule has 1 amide bonds. The zero-order valence-corrected chi connectivity index (χ0v) is 15.4. The third-order valence-electron chi connectivity index (χ3n) is 4.75. The van der Waals surface area contributed by atoms with Gasteiger partial charge in [-0.1, -0.05) is 23.8 Å². The highest BCUT2D eigenvalue weighted by molar-refractivity contribution is 5.70. The van der Waals surface area contributed by atoms with Crippen LogP contribution in [0.5, 0.6) is 0 Å². The first-order valence-electron chi connectivity index (χ1n) is 9.00. The lowest BCUT2D eigenvalue weighted by atomic mass is 10.1. The van der Waals surface area contributed by atoms with Crippen LogP contribution in [0.4, 0.5) is 4.79 Å². The molecule has 1 aliphatic heterocycles. The Labute approximate surface area is 157 Å². The minimum Gasteiger partial charge on any atom is -0.445 e. The van der Waals surface area contributed by atoms with Gasteiger partial charge in [-0.2, -0.15) is 0 Å². The summed E-state index contributed by atoms with van der Waals surface area (Å²) >= 11 is 0. The van der Waals surface area contributed by atoms with E-state index in [-0.39, 0.29) is 18.8 Å². The molecule has 1 fully saturated rings. The molecule has 1 aromatic carbocycles. The van der Waals surface area contributed by atoms with Crippen molar-refractivity contribution in [3.8, 4) is 0 Å². The van der Waals surface area contributed by atoms with Crippen LogP contribution < -0.4 is 0 Å². The van der Waals surface area contributed by atoms with Crippen LogP contribution in [0.1, 0.15) is 28.6 Å². The molecule has 1 N–H and O–H groups in total. The summed E-state index contributed by atoms with van der Waals surface area (Å²) in [5.41, 5.74) is 4.83.